The quantitative estimate of drug-likeness (QED) is 0.736. The number of ether oxygens (including phenoxy) is 1. The van der Waals surface area contributed by atoms with Crippen molar-refractivity contribution >= 4 is 0 Å². The lowest BCUT2D eigenvalue weighted by atomic mass is 9.67. The molecule has 0 aromatic heterocycles. The van der Waals surface area contributed by atoms with Crippen LogP contribution in [-0.2, 0) is 4.74 Å². The van der Waals surface area contributed by atoms with Crippen molar-refractivity contribution in [3.8, 4) is 0 Å². The van der Waals surface area contributed by atoms with Crippen LogP contribution in [0.5, 0.6) is 0 Å². The Balaban J connectivity index is 2.07. The largest absolute Gasteiger partial charge is 0.381 e. The molecule has 1 aliphatic heterocycles. The Morgan fingerprint density at radius 1 is 1.36 bits per heavy atom. The summed E-state index contributed by atoms with van der Waals surface area (Å²) in [6, 6.07) is 0. The Bertz CT molecular complexity index is 187. The summed E-state index contributed by atoms with van der Waals surface area (Å²) in [5.74, 6) is 1.58. The maximum atomic E-state index is 5.81. The first-order valence-electron chi connectivity index (χ1n) is 6.06. The molecule has 2 N–H and O–H groups in total. The van der Waals surface area contributed by atoms with E-state index in [0.717, 1.165) is 25.7 Å². The predicted molar refractivity (Wildman–Crippen MR) is 58.0 cm³/mol. The standard InChI is InChI=1S/C12H23NO/c1-10(9-13)11-3-2-4-12(11)5-7-14-8-6-12/h10-11H,2-9,13H2,1H3. The van der Waals surface area contributed by atoms with Crippen molar-refractivity contribution in [2.24, 2.45) is 23.0 Å². The molecular weight excluding hydrogens is 174 g/mol. The second-order valence-corrected chi connectivity index (χ2v) is 5.19. The van der Waals surface area contributed by atoms with Crippen LogP contribution in [0.3, 0.4) is 0 Å². The molecule has 0 amide bonds. The highest BCUT2D eigenvalue weighted by molar-refractivity contribution is 4.95. The van der Waals surface area contributed by atoms with Crippen molar-refractivity contribution in [2.75, 3.05) is 19.8 Å². The minimum absolute atomic E-state index is 0.608. The van der Waals surface area contributed by atoms with Gasteiger partial charge in [0.25, 0.3) is 0 Å². The van der Waals surface area contributed by atoms with Gasteiger partial charge in [0.2, 0.25) is 0 Å². The molecule has 2 heteroatoms. The molecule has 2 nitrogen and oxygen atoms in total. The molecule has 2 aliphatic rings. The zero-order valence-corrected chi connectivity index (χ0v) is 9.30. The maximum absolute atomic E-state index is 5.81. The van der Waals surface area contributed by atoms with E-state index in [0.29, 0.717) is 11.3 Å². The van der Waals surface area contributed by atoms with E-state index in [-0.39, 0.29) is 0 Å². The lowest BCUT2D eigenvalue weighted by molar-refractivity contribution is -0.0174. The third kappa shape index (κ3) is 1.70. The summed E-state index contributed by atoms with van der Waals surface area (Å²) in [4.78, 5) is 0. The van der Waals surface area contributed by atoms with Crippen LogP contribution in [0.25, 0.3) is 0 Å². The number of hydrogen-bond acceptors (Lipinski definition) is 2. The molecule has 0 aromatic carbocycles. The Labute approximate surface area is 87.2 Å². The van der Waals surface area contributed by atoms with Crippen molar-refractivity contribution in [2.45, 2.75) is 39.0 Å². The topological polar surface area (TPSA) is 35.2 Å². The second-order valence-electron chi connectivity index (χ2n) is 5.19. The van der Waals surface area contributed by atoms with Gasteiger partial charge in [0, 0.05) is 13.2 Å². The number of hydrogen-bond donors (Lipinski definition) is 1. The van der Waals surface area contributed by atoms with E-state index in [2.05, 4.69) is 6.92 Å². The van der Waals surface area contributed by atoms with Gasteiger partial charge >= 0.3 is 0 Å². The fourth-order valence-electron chi connectivity index (χ4n) is 3.62. The van der Waals surface area contributed by atoms with Gasteiger partial charge in [0.1, 0.15) is 0 Å². The van der Waals surface area contributed by atoms with Crippen LogP contribution in [0.2, 0.25) is 0 Å². The lowest BCUT2D eigenvalue weighted by Crippen LogP contribution is -2.37. The molecule has 1 aliphatic carbocycles. The van der Waals surface area contributed by atoms with E-state index in [1.807, 2.05) is 0 Å². The summed E-state index contributed by atoms with van der Waals surface area (Å²) in [6.45, 7) is 5.14. The van der Waals surface area contributed by atoms with Crippen LogP contribution in [0.4, 0.5) is 0 Å². The van der Waals surface area contributed by atoms with E-state index in [1.165, 1.54) is 32.1 Å². The molecule has 14 heavy (non-hydrogen) atoms. The van der Waals surface area contributed by atoms with Gasteiger partial charge in [-0.15, -0.1) is 0 Å². The predicted octanol–water partition coefficient (Wildman–Crippen LogP) is 2.18. The normalized spacial score (nSPS) is 33.4. The van der Waals surface area contributed by atoms with Crippen LogP contribution < -0.4 is 5.73 Å². The zero-order valence-electron chi connectivity index (χ0n) is 9.30. The van der Waals surface area contributed by atoms with Crippen LogP contribution in [0.15, 0.2) is 0 Å². The Morgan fingerprint density at radius 3 is 2.71 bits per heavy atom. The summed E-state index contributed by atoms with van der Waals surface area (Å²) in [7, 11) is 0. The van der Waals surface area contributed by atoms with Gasteiger partial charge < -0.3 is 10.5 Å². The summed E-state index contributed by atoms with van der Waals surface area (Å²) in [6.07, 6.45) is 6.79. The van der Waals surface area contributed by atoms with Gasteiger partial charge in [-0.3, -0.25) is 0 Å². The number of rotatable bonds is 2. The molecule has 0 aromatic rings. The van der Waals surface area contributed by atoms with Gasteiger partial charge in [-0.1, -0.05) is 13.3 Å². The summed E-state index contributed by atoms with van der Waals surface area (Å²) < 4.78 is 5.49. The fraction of sp³-hybridized carbons (Fsp3) is 1.00. The van der Waals surface area contributed by atoms with E-state index >= 15 is 0 Å². The van der Waals surface area contributed by atoms with Gasteiger partial charge in [-0.25, -0.2) is 0 Å². The average molecular weight is 197 g/mol. The van der Waals surface area contributed by atoms with Gasteiger partial charge in [-0.2, -0.15) is 0 Å². The molecule has 82 valence electrons. The third-order valence-electron chi connectivity index (χ3n) is 4.52. The Kier molecular flexibility index (Phi) is 3.13. The first kappa shape index (κ1) is 10.4. The monoisotopic (exact) mass is 197 g/mol. The van der Waals surface area contributed by atoms with Gasteiger partial charge in [-0.05, 0) is 49.5 Å². The summed E-state index contributed by atoms with van der Waals surface area (Å²) in [5.41, 5.74) is 6.42. The van der Waals surface area contributed by atoms with Crippen LogP contribution in [-0.4, -0.2) is 19.8 Å². The van der Waals surface area contributed by atoms with Crippen molar-refractivity contribution in [3.63, 3.8) is 0 Å². The van der Waals surface area contributed by atoms with E-state index < -0.39 is 0 Å². The lowest BCUT2D eigenvalue weighted by Gasteiger charge is -2.41. The molecule has 2 atom stereocenters. The minimum Gasteiger partial charge on any atom is -0.381 e. The number of nitrogens with two attached hydrogens (primary N) is 1. The van der Waals surface area contributed by atoms with Crippen molar-refractivity contribution in [1.29, 1.82) is 0 Å². The third-order valence-corrected chi connectivity index (χ3v) is 4.52. The molecule has 1 saturated heterocycles. The highest BCUT2D eigenvalue weighted by atomic mass is 16.5. The molecular formula is C12H23NO. The van der Waals surface area contributed by atoms with Gasteiger partial charge in [0.05, 0.1) is 0 Å². The van der Waals surface area contributed by atoms with Crippen molar-refractivity contribution in [3.05, 3.63) is 0 Å². The first-order chi connectivity index (χ1) is 6.78. The first-order valence-corrected chi connectivity index (χ1v) is 6.06. The molecule has 0 radical (unpaired) electrons. The Hall–Kier alpha value is -0.0800. The highest BCUT2D eigenvalue weighted by Crippen LogP contribution is 2.52. The summed E-state index contributed by atoms with van der Waals surface area (Å²) >= 11 is 0. The SMILES string of the molecule is CC(CN)C1CCCC12CCOCC2. The van der Waals surface area contributed by atoms with Crippen LogP contribution in [0, 0.1) is 17.3 Å². The molecule has 2 rings (SSSR count). The smallest absolute Gasteiger partial charge is 0.0471 e. The average Bonchev–Trinajstić information content (AvgIpc) is 2.62. The van der Waals surface area contributed by atoms with Crippen LogP contribution >= 0.6 is 0 Å². The van der Waals surface area contributed by atoms with Gasteiger partial charge in [0.15, 0.2) is 0 Å². The minimum atomic E-state index is 0.608. The molecule has 0 bridgehead atoms. The van der Waals surface area contributed by atoms with E-state index in [9.17, 15) is 0 Å². The molecule has 1 heterocycles. The molecule has 1 saturated carbocycles. The zero-order chi connectivity index (χ0) is 10.0. The van der Waals surface area contributed by atoms with Crippen molar-refractivity contribution in [1.82, 2.24) is 0 Å². The maximum Gasteiger partial charge on any atom is 0.0471 e. The highest BCUT2D eigenvalue weighted by Gasteiger charge is 2.45. The van der Waals surface area contributed by atoms with E-state index in [1.54, 1.807) is 0 Å². The Morgan fingerprint density at radius 2 is 2.07 bits per heavy atom. The fourth-order valence-corrected chi connectivity index (χ4v) is 3.62. The van der Waals surface area contributed by atoms with Crippen molar-refractivity contribution < 1.29 is 4.74 Å². The van der Waals surface area contributed by atoms with Crippen LogP contribution in [0.1, 0.15) is 39.0 Å². The van der Waals surface area contributed by atoms with E-state index in [4.69, 9.17) is 10.5 Å². The molecule has 2 fully saturated rings. The molecule has 1 spiro atoms. The molecule has 2 unspecified atom stereocenters. The summed E-state index contributed by atoms with van der Waals surface area (Å²) in [5, 5.41) is 0. The second kappa shape index (κ2) is 4.19.